The van der Waals surface area contributed by atoms with Gasteiger partial charge in [0.1, 0.15) is 5.54 Å². The second kappa shape index (κ2) is 9.34. The van der Waals surface area contributed by atoms with Crippen LogP contribution >= 0.6 is 0 Å². The van der Waals surface area contributed by atoms with E-state index in [1.165, 1.54) is 0 Å². The number of nitrogens with one attached hydrogen (secondary N) is 1. The van der Waals surface area contributed by atoms with Crippen LogP contribution in [0.2, 0.25) is 6.32 Å². The summed E-state index contributed by atoms with van der Waals surface area (Å²) in [7, 11) is 5.40. The molecule has 0 saturated carbocycles. The number of carbonyl (C=O) groups is 1. The Morgan fingerprint density at radius 3 is 2.47 bits per heavy atom. The Bertz CT molecular complexity index is 264. The summed E-state index contributed by atoms with van der Waals surface area (Å²) in [6.45, 7) is 4.25. The first-order chi connectivity index (χ1) is 8.85. The second-order valence-electron chi connectivity index (χ2n) is 5.60. The van der Waals surface area contributed by atoms with Crippen molar-refractivity contribution in [1.82, 2.24) is 5.32 Å². The first-order valence-electron chi connectivity index (χ1n) is 6.92. The van der Waals surface area contributed by atoms with Crippen molar-refractivity contribution in [2.75, 3.05) is 13.2 Å². The SMILES string of the molecule is [B]CCCCC(N)(CNC(CO)CC(C)C)C(=O)O. The van der Waals surface area contributed by atoms with Crippen molar-refractivity contribution in [3.05, 3.63) is 0 Å². The van der Waals surface area contributed by atoms with Crippen LogP contribution in [-0.4, -0.2) is 48.8 Å². The third-order valence-corrected chi connectivity index (χ3v) is 3.19. The summed E-state index contributed by atoms with van der Waals surface area (Å²) < 4.78 is 0. The molecule has 0 rings (SSSR count). The number of carboxylic acids is 1. The molecule has 5 N–H and O–H groups in total. The molecule has 0 heterocycles. The summed E-state index contributed by atoms with van der Waals surface area (Å²) in [5.41, 5.74) is 4.64. The number of unbranched alkanes of at least 4 members (excludes halogenated alkanes) is 1. The molecule has 0 amide bonds. The summed E-state index contributed by atoms with van der Waals surface area (Å²) in [5.74, 6) is -0.586. The van der Waals surface area contributed by atoms with Gasteiger partial charge in [0, 0.05) is 12.6 Å². The highest BCUT2D eigenvalue weighted by Crippen LogP contribution is 2.13. The zero-order valence-corrected chi connectivity index (χ0v) is 12.1. The van der Waals surface area contributed by atoms with Gasteiger partial charge in [-0.2, -0.15) is 0 Å². The summed E-state index contributed by atoms with van der Waals surface area (Å²) in [6.07, 6.45) is 3.16. The van der Waals surface area contributed by atoms with Crippen molar-refractivity contribution in [2.45, 2.75) is 57.4 Å². The predicted molar refractivity (Wildman–Crippen MR) is 77.3 cm³/mol. The molecule has 19 heavy (non-hydrogen) atoms. The number of rotatable bonds is 11. The molecule has 0 aromatic heterocycles. The van der Waals surface area contributed by atoms with Gasteiger partial charge in [-0.15, -0.1) is 0 Å². The minimum Gasteiger partial charge on any atom is -0.480 e. The van der Waals surface area contributed by atoms with E-state index in [2.05, 4.69) is 19.2 Å². The van der Waals surface area contributed by atoms with Gasteiger partial charge >= 0.3 is 5.97 Å². The fraction of sp³-hybridized carbons (Fsp3) is 0.923. The lowest BCUT2D eigenvalue weighted by atomic mass is 9.90. The van der Waals surface area contributed by atoms with Gasteiger partial charge in [0.15, 0.2) is 0 Å². The van der Waals surface area contributed by atoms with E-state index in [-0.39, 0.29) is 19.2 Å². The number of aliphatic carboxylic acids is 1. The van der Waals surface area contributed by atoms with E-state index in [0.717, 1.165) is 12.8 Å². The van der Waals surface area contributed by atoms with Crippen LogP contribution in [0.4, 0.5) is 0 Å². The topological polar surface area (TPSA) is 95.6 Å². The number of hydrogen-bond acceptors (Lipinski definition) is 4. The Morgan fingerprint density at radius 1 is 1.42 bits per heavy atom. The molecular formula is C13H27BN2O3. The minimum atomic E-state index is -1.29. The first-order valence-corrected chi connectivity index (χ1v) is 6.92. The third kappa shape index (κ3) is 7.55. The van der Waals surface area contributed by atoms with Crippen LogP contribution in [0.1, 0.15) is 39.5 Å². The standard InChI is InChI=1S/C13H27BN2O3/c1-10(2)7-11(8-17)16-9-13(15,12(18)19)5-3-4-6-14/h10-11,16-17H,3-9,15H2,1-2H3,(H,18,19). The van der Waals surface area contributed by atoms with Gasteiger partial charge in [-0.3, -0.25) is 4.79 Å². The fourth-order valence-corrected chi connectivity index (χ4v) is 1.97. The third-order valence-electron chi connectivity index (χ3n) is 3.19. The van der Waals surface area contributed by atoms with Crippen molar-refractivity contribution in [3.63, 3.8) is 0 Å². The maximum atomic E-state index is 11.3. The summed E-state index contributed by atoms with van der Waals surface area (Å²) in [6, 6.07) is -0.114. The average Bonchev–Trinajstić information content (AvgIpc) is 2.34. The number of aliphatic hydroxyl groups excluding tert-OH is 1. The molecule has 0 aromatic carbocycles. The van der Waals surface area contributed by atoms with Crippen LogP contribution in [0.3, 0.4) is 0 Å². The maximum Gasteiger partial charge on any atom is 0.325 e. The molecular weight excluding hydrogens is 243 g/mol. The van der Waals surface area contributed by atoms with E-state index >= 15 is 0 Å². The van der Waals surface area contributed by atoms with E-state index in [4.69, 9.17) is 13.6 Å². The van der Waals surface area contributed by atoms with Gasteiger partial charge in [0.2, 0.25) is 0 Å². The largest absolute Gasteiger partial charge is 0.480 e. The second-order valence-corrected chi connectivity index (χ2v) is 5.60. The highest BCUT2D eigenvalue weighted by molar-refractivity contribution is 6.08. The highest BCUT2D eigenvalue weighted by atomic mass is 16.4. The number of carboxylic acid groups (broad SMARTS) is 1. The van der Waals surface area contributed by atoms with Crippen molar-refractivity contribution in [1.29, 1.82) is 0 Å². The molecule has 0 bridgehead atoms. The molecule has 5 nitrogen and oxygen atoms in total. The zero-order chi connectivity index (χ0) is 14.9. The maximum absolute atomic E-state index is 11.3. The Kier molecular flexibility index (Phi) is 9.05. The van der Waals surface area contributed by atoms with Crippen molar-refractivity contribution < 1.29 is 15.0 Å². The number of hydrogen-bond donors (Lipinski definition) is 4. The summed E-state index contributed by atoms with van der Waals surface area (Å²) in [5, 5.41) is 21.6. The molecule has 110 valence electrons. The van der Waals surface area contributed by atoms with Gasteiger partial charge in [-0.25, -0.2) is 0 Å². The van der Waals surface area contributed by atoms with Gasteiger partial charge in [0.25, 0.3) is 0 Å². The predicted octanol–water partition coefficient (Wildman–Crippen LogP) is 0.522. The Labute approximate surface area is 117 Å². The average molecular weight is 270 g/mol. The van der Waals surface area contributed by atoms with E-state index in [9.17, 15) is 15.0 Å². The van der Waals surface area contributed by atoms with Gasteiger partial charge in [0.05, 0.1) is 14.5 Å². The fourth-order valence-electron chi connectivity index (χ4n) is 1.97. The van der Waals surface area contributed by atoms with Crippen molar-refractivity contribution in [2.24, 2.45) is 11.7 Å². The van der Waals surface area contributed by atoms with Crippen LogP contribution in [0.5, 0.6) is 0 Å². The lowest BCUT2D eigenvalue weighted by Gasteiger charge is -2.28. The molecule has 0 aliphatic heterocycles. The molecule has 0 fully saturated rings. The van der Waals surface area contributed by atoms with Gasteiger partial charge < -0.3 is 21.3 Å². The molecule has 0 aliphatic rings. The molecule has 6 heteroatoms. The van der Waals surface area contributed by atoms with E-state index < -0.39 is 11.5 Å². The first kappa shape index (κ1) is 18.4. The van der Waals surface area contributed by atoms with Gasteiger partial charge in [-0.05, 0) is 18.8 Å². The molecule has 2 radical (unpaired) electrons. The van der Waals surface area contributed by atoms with Crippen LogP contribution < -0.4 is 11.1 Å². The van der Waals surface area contributed by atoms with E-state index in [1.54, 1.807) is 0 Å². The molecule has 0 saturated heterocycles. The van der Waals surface area contributed by atoms with Gasteiger partial charge in [-0.1, -0.05) is 33.0 Å². The highest BCUT2D eigenvalue weighted by Gasteiger charge is 2.33. The Balaban J connectivity index is 4.36. The quantitative estimate of drug-likeness (QED) is 0.324. The molecule has 0 aromatic rings. The number of aliphatic hydroxyl groups is 1. The summed E-state index contributed by atoms with van der Waals surface area (Å²) in [4.78, 5) is 11.3. The molecule has 2 unspecified atom stereocenters. The molecule has 0 spiro atoms. The Hall–Kier alpha value is -0.585. The van der Waals surface area contributed by atoms with E-state index in [1.807, 2.05) is 0 Å². The van der Waals surface area contributed by atoms with Crippen molar-refractivity contribution in [3.8, 4) is 0 Å². The lowest BCUT2D eigenvalue weighted by molar-refractivity contribution is -0.143. The minimum absolute atomic E-state index is 0.0172. The lowest BCUT2D eigenvalue weighted by Crippen LogP contribution is -2.57. The number of nitrogens with two attached hydrogens (primary N) is 1. The molecule has 0 aliphatic carbocycles. The van der Waals surface area contributed by atoms with E-state index in [0.29, 0.717) is 25.1 Å². The van der Waals surface area contributed by atoms with Crippen molar-refractivity contribution >= 4 is 13.8 Å². The van der Waals surface area contributed by atoms with Crippen LogP contribution in [-0.2, 0) is 4.79 Å². The normalized spacial score (nSPS) is 16.3. The summed E-state index contributed by atoms with van der Waals surface area (Å²) >= 11 is 0. The monoisotopic (exact) mass is 270 g/mol. The van der Waals surface area contributed by atoms with Crippen LogP contribution in [0.25, 0.3) is 0 Å². The molecule has 2 atom stereocenters. The smallest absolute Gasteiger partial charge is 0.325 e. The van der Waals surface area contributed by atoms with Crippen LogP contribution in [0, 0.1) is 5.92 Å². The zero-order valence-electron chi connectivity index (χ0n) is 12.1. The Morgan fingerprint density at radius 2 is 2.05 bits per heavy atom. The van der Waals surface area contributed by atoms with Crippen LogP contribution in [0.15, 0.2) is 0 Å².